The zero-order valence-electron chi connectivity index (χ0n) is 18.9. The van der Waals surface area contributed by atoms with Gasteiger partial charge >= 0.3 is 0 Å². The second-order valence-electron chi connectivity index (χ2n) is 8.01. The average Bonchev–Trinajstić information content (AvgIpc) is 3.28. The Balaban J connectivity index is 1.61. The second-order valence-corrected chi connectivity index (χ2v) is 9.72. The van der Waals surface area contributed by atoms with E-state index < -0.39 is 16.1 Å². The Kier molecular flexibility index (Phi) is 5.51. The molecular weight excluding hydrogens is 450 g/mol. The van der Waals surface area contributed by atoms with Gasteiger partial charge in [0.05, 0.1) is 23.3 Å². The molecule has 0 amide bonds. The number of rotatable bonds is 6. The molecule has 2 aromatic heterocycles. The number of fused-ring (bicyclic) bond motifs is 3. The number of aryl methyl sites for hydroxylation is 1. The highest BCUT2D eigenvalue weighted by molar-refractivity contribution is 7.89. The Morgan fingerprint density at radius 2 is 1.65 bits per heavy atom. The molecule has 3 aromatic carbocycles. The predicted octanol–water partition coefficient (Wildman–Crippen LogP) is 4.30. The molecule has 0 spiro atoms. The Bertz CT molecular complexity index is 1610. The summed E-state index contributed by atoms with van der Waals surface area (Å²) in [6.45, 7) is 3.72. The molecule has 5 aromatic rings. The van der Waals surface area contributed by atoms with E-state index in [1.807, 2.05) is 61.5 Å². The highest BCUT2D eigenvalue weighted by Crippen LogP contribution is 2.33. The van der Waals surface area contributed by atoms with Crippen molar-refractivity contribution >= 4 is 26.4 Å². The molecule has 9 heteroatoms. The number of aromatic nitrogens is 4. The van der Waals surface area contributed by atoms with Crippen LogP contribution in [0.4, 0.5) is 0 Å². The van der Waals surface area contributed by atoms with Gasteiger partial charge in [-0.3, -0.25) is 0 Å². The summed E-state index contributed by atoms with van der Waals surface area (Å²) in [6.07, 6.45) is 0. The number of nitrogens with one attached hydrogen (secondary N) is 1. The molecule has 0 radical (unpaired) electrons. The maximum absolute atomic E-state index is 13.2. The number of benzene rings is 3. The van der Waals surface area contributed by atoms with E-state index in [4.69, 9.17) is 4.74 Å². The van der Waals surface area contributed by atoms with E-state index in [0.29, 0.717) is 22.8 Å². The third-order valence-corrected chi connectivity index (χ3v) is 7.34. The maximum Gasteiger partial charge on any atom is 0.241 e. The van der Waals surface area contributed by atoms with Gasteiger partial charge in [-0.05, 0) is 37.6 Å². The van der Waals surface area contributed by atoms with Gasteiger partial charge in [0, 0.05) is 16.8 Å². The predicted molar refractivity (Wildman–Crippen MR) is 130 cm³/mol. The quantitative estimate of drug-likeness (QED) is 0.395. The molecule has 34 heavy (non-hydrogen) atoms. The number of hydrogen-bond donors (Lipinski definition) is 1. The molecule has 0 saturated heterocycles. The van der Waals surface area contributed by atoms with Crippen LogP contribution in [0, 0.1) is 6.92 Å². The lowest BCUT2D eigenvalue weighted by Gasteiger charge is -2.16. The lowest BCUT2D eigenvalue weighted by molar-refractivity contribution is 0.415. The van der Waals surface area contributed by atoms with Crippen molar-refractivity contribution in [1.82, 2.24) is 24.5 Å². The van der Waals surface area contributed by atoms with Crippen molar-refractivity contribution in [1.29, 1.82) is 0 Å². The Morgan fingerprint density at radius 3 is 2.38 bits per heavy atom. The van der Waals surface area contributed by atoms with Gasteiger partial charge in [0.15, 0.2) is 11.5 Å². The normalized spacial score (nSPS) is 12.8. The van der Waals surface area contributed by atoms with Crippen LogP contribution in [-0.4, -0.2) is 35.3 Å². The van der Waals surface area contributed by atoms with Crippen molar-refractivity contribution < 1.29 is 13.2 Å². The van der Waals surface area contributed by atoms with Gasteiger partial charge in [-0.15, -0.1) is 10.2 Å². The number of hydrogen-bond acceptors (Lipinski definition) is 6. The number of ether oxygens (including phenoxy) is 1. The summed E-state index contributed by atoms with van der Waals surface area (Å²) in [5, 5.41) is 15.3. The standard InChI is InChI=1S/C25H23N5O3S/c1-16(18-9-5-4-6-10-18)29-34(31,32)19-13-14-23(33-3)22(15-19)25-27-26-24-21-12-8-7-11-20(21)17(2)28-30(24)25/h4-16,29H,1-3H3/t16-/m0/s1. The van der Waals surface area contributed by atoms with Crippen molar-refractivity contribution in [2.45, 2.75) is 24.8 Å². The van der Waals surface area contributed by atoms with E-state index in [9.17, 15) is 8.42 Å². The summed E-state index contributed by atoms with van der Waals surface area (Å²) in [4.78, 5) is 0.0975. The second kappa shape index (κ2) is 8.51. The van der Waals surface area contributed by atoms with Crippen LogP contribution in [0.25, 0.3) is 27.8 Å². The van der Waals surface area contributed by atoms with Crippen molar-refractivity contribution in [3.05, 3.63) is 84.1 Å². The molecule has 0 saturated carbocycles. The molecule has 1 atom stereocenters. The zero-order valence-corrected chi connectivity index (χ0v) is 19.7. The Morgan fingerprint density at radius 1 is 0.941 bits per heavy atom. The summed E-state index contributed by atoms with van der Waals surface area (Å²) >= 11 is 0. The van der Waals surface area contributed by atoms with Crippen molar-refractivity contribution in [2.75, 3.05) is 7.11 Å². The fourth-order valence-electron chi connectivity index (χ4n) is 4.05. The van der Waals surface area contributed by atoms with E-state index in [-0.39, 0.29) is 4.90 Å². The first-order chi connectivity index (χ1) is 16.4. The van der Waals surface area contributed by atoms with Crippen LogP contribution in [0.5, 0.6) is 5.75 Å². The molecule has 5 rings (SSSR count). The molecule has 0 aliphatic heterocycles. The number of nitrogens with zero attached hydrogens (tertiary/aromatic N) is 4. The van der Waals surface area contributed by atoms with Crippen molar-refractivity contribution in [3.63, 3.8) is 0 Å². The SMILES string of the molecule is COc1ccc(S(=O)(=O)N[C@@H](C)c2ccccc2)cc1-c1nnc2c3ccccc3c(C)nn12. The van der Waals surface area contributed by atoms with E-state index in [1.165, 1.54) is 13.2 Å². The summed E-state index contributed by atoms with van der Waals surface area (Å²) in [5.41, 5.74) is 2.75. The van der Waals surface area contributed by atoms with Gasteiger partial charge in [-0.25, -0.2) is 13.1 Å². The Hall–Kier alpha value is -3.82. The molecule has 0 aliphatic carbocycles. The fraction of sp³-hybridized carbons (Fsp3) is 0.160. The van der Waals surface area contributed by atoms with Crippen LogP contribution in [0.3, 0.4) is 0 Å². The minimum absolute atomic E-state index is 0.0975. The fourth-order valence-corrected chi connectivity index (χ4v) is 5.31. The molecule has 1 N–H and O–H groups in total. The number of sulfonamides is 1. The minimum atomic E-state index is -3.83. The molecule has 8 nitrogen and oxygen atoms in total. The third kappa shape index (κ3) is 3.78. The van der Waals surface area contributed by atoms with E-state index >= 15 is 0 Å². The van der Waals surface area contributed by atoms with Crippen LogP contribution in [0.1, 0.15) is 24.2 Å². The molecule has 0 bridgehead atoms. The molecule has 0 unspecified atom stereocenters. The van der Waals surface area contributed by atoms with Crippen LogP contribution in [-0.2, 0) is 10.0 Å². The largest absolute Gasteiger partial charge is 0.496 e. The average molecular weight is 474 g/mol. The van der Waals surface area contributed by atoms with Crippen molar-refractivity contribution in [2.24, 2.45) is 0 Å². The van der Waals surface area contributed by atoms with Crippen LogP contribution >= 0.6 is 0 Å². The topological polar surface area (TPSA) is 98.5 Å². The lowest BCUT2D eigenvalue weighted by atomic mass is 10.1. The molecular formula is C25H23N5O3S. The minimum Gasteiger partial charge on any atom is -0.496 e. The zero-order chi connectivity index (χ0) is 23.9. The first kappa shape index (κ1) is 22.0. The third-order valence-electron chi connectivity index (χ3n) is 5.80. The molecule has 2 heterocycles. The summed E-state index contributed by atoms with van der Waals surface area (Å²) in [6, 6.07) is 21.5. The summed E-state index contributed by atoms with van der Waals surface area (Å²) in [7, 11) is -2.30. The van der Waals surface area contributed by atoms with Crippen LogP contribution in [0.15, 0.2) is 77.7 Å². The van der Waals surface area contributed by atoms with E-state index in [1.54, 1.807) is 23.6 Å². The first-order valence-corrected chi connectivity index (χ1v) is 12.2. The van der Waals surface area contributed by atoms with Gasteiger partial charge in [0.25, 0.3) is 0 Å². The van der Waals surface area contributed by atoms with Gasteiger partial charge in [-0.2, -0.15) is 9.61 Å². The van der Waals surface area contributed by atoms with Gasteiger partial charge in [-0.1, -0.05) is 54.6 Å². The highest BCUT2D eigenvalue weighted by atomic mass is 32.2. The highest BCUT2D eigenvalue weighted by Gasteiger charge is 2.23. The van der Waals surface area contributed by atoms with Crippen LogP contribution < -0.4 is 9.46 Å². The van der Waals surface area contributed by atoms with E-state index in [2.05, 4.69) is 20.0 Å². The molecule has 172 valence electrons. The monoisotopic (exact) mass is 473 g/mol. The van der Waals surface area contributed by atoms with Gasteiger partial charge in [0.2, 0.25) is 10.0 Å². The molecule has 0 fully saturated rings. The Labute approximate surface area is 197 Å². The summed E-state index contributed by atoms with van der Waals surface area (Å²) < 4.78 is 36.3. The first-order valence-electron chi connectivity index (χ1n) is 10.8. The maximum atomic E-state index is 13.2. The summed E-state index contributed by atoms with van der Waals surface area (Å²) in [5.74, 6) is 0.867. The smallest absolute Gasteiger partial charge is 0.241 e. The lowest BCUT2D eigenvalue weighted by Crippen LogP contribution is -2.27. The molecule has 0 aliphatic rings. The number of methoxy groups -OCH3 is 1. The van der Waals surface area contributed by atoms with Crippen molar-refractivity contribution in [3.8, 4) is 17.1 Å². The van der Waals surface area contributed by atoms with Gasteiger partial charge in [0.1, 0.15) is 5.75 Å². The van der Waals surface area contributed by atoms with E-state index in [0.717, 1.165) is 22.0 Å². The van der Waals surface area contributed by atoms with Crippen LogP contribution in [0.2, 0.25) is 0 Å². The van der Waals surface area contributed by atoms with Gasteiger partial charge < -0.3 is 4.74 Å².